The molecule has 0 aliphatic carbocycles. The first-order valence-electron chi connectivity index (χ1n) is 6.28. The van der Waals surface area contributed by atoms with Gasteiger partial charge in [-0.15, -0.1) is 0 Å². The molecule has 17 heavy (non-hydrogen) atoms. The highest BCUT2D eigenvalue weighted by Gasteiger charge is 2.22. The molecule has 0 aromatic carbocycles. The van der Waals surface area contributed by atoms with E-state index in [0.717, 1.165) is 12.0 Å². The third-order valence-corrected chi connectivity index (χ3v) is 3.46. The summed E-state index contributed by atoms with van der Waals surface area (Å²) >= 11 is 0. The Balaban J connectivity index is 2.36. The topological polar surface area (TPSA) is 34.9 Å². The first kappa shape index (κ1) is 13.9. The molecule has 96 valence electrons. The Morgan fingerprint density at radius 2 is 2.12 bits per heavy atom. The molecule has 1 heterocycles. The summed E-state index contributed by atoms with van der Waals surface area (Å²) in [5, 5.41) is 4.10. The van der Waals surface area contributed by atoms with Gasteiger partial charge in [0.1, 0.15) is 5.78 Å². The molecule has 0 spiro atoms. The number of Topliss-reactive ketones (excluding diaryl/α,β-unsaturated/α-hetero) is 1. The zero-order chi connectivity index (χ0) is 13.1. The minimum Gasteiger partial charge on any atom is -0.300 e. The minimum absolute atomic E-state index is 0.212. The molecule has 0 N–H and O–H groups in total. The van der Waals surface area contributed by atoms with Crippen LogP contribution in [0.3, 0.4) is 0 Å². The van der Waals surface area contributed by atoms with E-state index in [9.17, 15) is 4.79 Å². The summed E-state index contributed by atoms with van der Waals surface area (Å²) in [6.07, 6.45) is 5.93. The number of rotatable bonds is 5. The number of nitrogens with zero attached hydrogens (tertiary/aromatic N) is 2. The number of aryl methyl sites for hydroxylation is 2. The van der Waals surface area contributed by atoms with Gasteiger partial charge < -0.3 is 0 Å². The standard InChI is InChI=1S/C14H24N2O/c1-11(14(2,3)4)8-13(17)7-6-12-9-15-16(5)10-12/h9-11H,6-8H2,1-5H3. The average molecular weight is 236 g/mol. The Kier molecular flexibility index (Phi) is 4.49. The molecule has 1 unspecified atom stereocenters. The second kappa shape index (κ2) is 5.48. The van der Waals surface area contributed by atoms with Crippen molar-refractivity contribution in [1.82, 2.24) is 9.78 Å². The molecule has 0 saturated heterocycles. The molecular formula is C14H24N2O. The van der Waals surface area contributed by atoms with Crippen molar-refractivity contribution in [3.63, 3.8) is 0 Å². The highest BCUT2D eigenvalue weighted by atomic mass is 16.1. The van der Waals surface area contributed by atoms with Gasteiger partial charge >= 0.3 is 0 Å². The van der Waals surface area contributed by atoms with Crippen molar-refractivity contribution in [1.29, 1.82) is 0 Å². The van der Waals surface area contributed by atoms with Gasteiger partial charge in [0.2, 0.25) is 0 Å². The normalized spacial score (nSPS) is 13.7. The van der Waals surface area contributed by atoms with Crippen molar-refractivity contribution in [3.05, 3.63) is 18.0 Å². The van der Waals surface area contributed by atoms with Crippen LogP contribution in [0.2, 0.25) is 0 Å². The lowest BCUT2D eigenvalue weighted by atomic mass is 9.79. The van der Waals surface area contributed by atoms with Crippen LogP contribution in [0.25, 0.3) is 0 Å². The fourth-order valence-corrected chi connectivity index (χ4v) is 1.63. The Morgan fingerprint density at radius 3 is 2.59 bits per heavy atom. The third kappa shape index (κ3) is 4.72. The fourth-order valence-electron chi connectivity index (χ4n) is 1.63. The van der Waals surface area contributed by atoms with Gasteiger partial charge in [0.15, 0.2) is 0 Å². The second-order valence-corrected chi connectivity index (χ2v) is 6.03. The molecule has 1 aromatic rings. The summed E-state index contributed by atoms with van der Waals surface area (Å²) in [7, 11) is 1.90. The Morgan fingerprint density at radius 1 is 1.47 bits per heavy atom. The number of carbonyl (C=O) groups is 1. The quantitative estimate of drug-likeness (QED) is 0.787. The van der Waals surface area contributed by atoms with Crippen molar-refractivity contribution in [3.8, 4) is 0 Å². The number of aromatic nitrogens is 2. The van der Waals surface area contributed by atoms with E-state index in [4.69, 9.17) is 0 Å². The summed E-state index contributed by atoms with van der Waals surface area (Å²) in [5.74, 6) is 0.792. The van der Waals surface area contributed by atoms with Gasteiger partial charge in [-0.3, -0.25) is 9.48 Å². The Hall–Kier alpha value is -1.12. The highest BCUT2D eigenvalue weighted by molar-refractivity contribution is 5.78. The number of carbonyl (C=O) groups excluding carboxylic acids is 1. The molecular weight excluding hydrogens is 212 g/mol. The molecule has 0 aliphatic heterocycles. The smallest absolute Gasteiger partial charge is 0.133 e. The van der Waals surface area contributed by atoms with Crippen LogP contribution in [0.4, 0.5) is 0 Å². The molecule has 0 fully saturated rings. The molecule has 0 saturated carbocycles. The van der Waals surface area contributed by atoms with Gasteiger partial charge in [-0.1, -0.05) is 27.7 Å². The van der Waals surface area contributed by atoms with Crippen LogP contribution < -0.4 is 0 Å². The number of ketones is 1. The summed E-state index contributed by atoms with van der Waals surface area (Å²) in [6.45, 7) is 8.71. The fraction of sp³-hybridized carbons (Fsp3) is 0.714. The number of hydrogen-bond acceptors (Lipinski definition) is 2. The summed E-state index contributed by atoms with van der Waals surface area (Å²) in [4.78, 5) is 11.9. The van der Waals surface area contributed by atoms with Crippen LogP contribution in [0, 0.1) is 11.3 Å². The van der Waals surface area contributed by atoms with E-state index >= 15 is 0 Å². The Bertz CT molecular complexity index is 374. The maximum atomic E-state index is 11.9. The molecule has 0 amide bonds. The van der Waals surface area contributed by atoms with Gasteiger partial charge in [0.25, 0.3) is 0 Å². The van der Waals surface area contributed by atoms with Crippen LogP contribution in [-0.4, -0.2) is 15.6 Å². The van der Waals surface area contributed by atoms with Crippen LogP contribution in [-0.2, 0) is 18.3 Å². The monoisotopic (exact) mass is 236 g/mol. The maximum absolute atomic E-state index is 11.9. The zero-order valence-corrected chi connectivity index (χ0v) is 11.7. The van der Waals surface area contributed by atoms with Crippen LogP contribution in [0.15, 0.2) is 12.4 Å². The van der Waals surface area contributed by atoms with Gasteiger partial charge in [0, 0.05) is 26.1 Å². The second-order valence-electron chi connectivity index (χ2n) is 6.03. The summed E-state index contributed by atoms with van der Waals surface area (Å²) in [5.41, 5.74) is 1.36. The molecule has 1 atom stereocenters. The minimum atomic E-state index is 0.212. The highest BCUT2D eigenvalue weighted by Crippen LogP contribution is 2.28. The molecule has 3 nitrogen and oxygen atoms in total. The molecule has 0 radical (unpaired) electrons. The van der Waals surface area contributed by atoms with E-state index in [-0.39, 0.29) is 5.41 Å². The largest absolute Gasteiger partial charge is 0.300 e. The maximum Gasteiger partial charge on any atom is 0.133 e. The first-order valence-corrected chi connectivity index (χ1v) is 6.28. The third-order valence-electron chi connectivity index (χ3n) is 3.46. The van der Waals surface area contributed by atoms with Gasteiger partial charge in [0.05, 0.1) is 6.20 Å². The van der Waals surface area contributed by atoms with Crippen molar-refractivity contribution in [2.24, 2.45) is 18.4 Å². The van der Waals surface area contributed by atoms with E-state index in [0.29, 0.717) is 24.5 Å². The molecule has 3 heteroatoms. The van der Waals surface area contributed by atoms with E-state index in [1.54, 1.807) is 4.68 Å². The van der Waals surface area contributed by atoms with Crippen molar-refractivity contribution < 1.29 is 4.79 Å². The Labute approximate surface area is 104 Å². The SMILES string of the molecule is CC(CC(=O)CCc1cnn(C)c1)C(C)(C)C. The van der Waals surface area contributed by atoms with Crippen molar-refractivity contribution in [2.45, 2.75) is 47.0 Å². The van der Waals surface area contributed by atoms with E-state index in [1.807, 2.05) is 19.4 Å². The molecule has 0 aliphatic rings. The van der Waals surface area contributed by atoms with E-state index in [2.05, 4.69) is 32.8 Å². The lowest BCUT2D eigenvalue weighted by molar-refractivity contribution is -0.120. The molecule has 0 bridgehead atoms. The van der Waals surface area contributed by atoms with Crippen LogP contribution in [0.5, 0.6) is 0 Å². The average Bonchev–Trinajstić information content (AvgIpc) is 2.60. The zero-order valence-electron chi connectivity index (χ0n) is 11.7. The summed E-state index contributed by atoms with van der Waals surface area (Å²) < 4.78 is 1.78. The van der Waals surface area contributed by atoms with Crippen molar-refractivity contribution >= 4 is 5.78 Å². The predicted octanol–water partition coefficient (Wildman–Crippen LogP) is 2.99. The lowest BCUT2D eigenvalue weighted by Crippen LogP contribution is -2.20. The molecule has 1 aromatic heterocycles. The van der Waals surface area contributed by atoms with Gasteiger partial charge in [-0.2, -0.15) is 5.10 Å². The lowest BCUT2D eigenvalue weighted by Gasteiger charge is -2.26. The van der Waals surface area contributed by atoms with Crippen LogP contribution >= 0.6 is 0 Å². The van der Waals surface area contributed by atoms with E-state index < -0.39 is 0 Å². The van der Waals surface area contributed by atoms with Crippen LogP contribution in [0.1, 0.15) is 46.1 Å². The van der Waals surface area contributed by atoms with Crippen molar-refractivity contribution in [2.75, 3.05) is 0 Å². The molecule has 1 rings (SSSR count). The predicted molar refractivity (Wildman–Crippen MR) is 69.8 cm³/mol. The summed E-state index contributed by atoms with van der Waals surface area (Å²) in [6, 6.07) is 0. The van der Waals surface area contributed by atoms with Gasteiger partial charge in [-0.05, 0) is 23.3 Å². The van der Waals surface area contributed by atoms with Gasteiger partial charge in [-0.25, -0.2) is 0 Å². The first-order chi connectivity index (χ1) is 7.79. The number of hydrogen-bond donors (Lipinski definition) is 0. The van der Waals surface area contributed by atoms with E-state index in [1.165, 1.54) is 0 Å².